The van der Waals surface area contributed by atoms with Crippen molar-refractivity contribution in [1.29, 1.82) is 0 Å². The molecular formula is C25H29NO4. The summed E-state index contributed by atoms with van der Waals surface area (Å²) in [5.74, 6) is 1.10. The third-order valence-electron chi connectivity index (χ3n) is 6.00. The second-order valence-electron chi connectivity index (χ2n) is 8.12. The van der Waals surface area contributed by atoms with Gasteiger partial charge in [-0.1, -0.05) is 61.0 Å². The van der Waals surface area contributed by atoms with Crippen LogP contribution in [0.4, 0.5) is 0 Å². The van der Waals surface area contributed by atoms with Crippen molar-refractivity contribution in [2.75, 3.05) is 0 Å². The van der Waals surface area contributed by atoms with Gasteiger partial charge in [0.15, 0.2) is 5.76 Å². The molecule has 1 saturated carbocycles. The molecular weight excluding hydrogens is 378 g/mol. The lowest BCUT2D eigenvalue weighted by Crippen LogP contribution is -2.36. The zero-order chi connectivity index (χ0) is 20.8. The second-order valence-corrected chi connectivity index (χ2v) is 8.12. The first-order chi connectivity index (χ1) is 14.7. The lowest BCUT2D eigenvalue weighted by molar-refractivity contribution is -0.156. The number of nitrogens with one attached hydrogen (secondary N) is 1. The van der Waals surface area contributed by atoms with Gasteiger partial charge in [-0.3, -0.25) is 4.79 Å². The monoisotopic (exact) mass is 407 g/mol. The summed E-state index contributed by atoms with van der Waals surface area (Å²) in [7, 11) is 0. The average Bonchev–Trinajstić information content (AvgIpc) is 2.76. The third kappa shape index (κ3) is 5.29. The van der Waals surface area contributed by atoms with E-state index in [-0.39, 0.29) is 12.5 Å². The fraction of sp³-hybridized carbons (Fsp3) is 0.400. The van der Waals surface area contributed by atoms with Gasteiger partial charge in [-0.2, -0.15) is 0 Å². The van der Waals surface area contributed by atoms with E-state index in [1.807, 2.05) is 60.7 Å². The van der Waals surface area contributed by atoms with Crippen LogP contribution in [0.1, 0.15) is 42.4 Å². The van der Waals surface area contributed by atoms with Gasteiger partial charge in [-0.05, 0) is 47.4 Å². The van der Waals surface area contributed by atoms with E-state index in [1.54, 1.807) is 0 Å². The number of rotatable bonds is 8. The highest BCUT2D eigenvalue weighted by Crippen LogP contribution is 2.40. The highest BCUT2D eigenvalue weighted by atomic mass is 16.7. The Morgan fingerprint density at radius 3 is 2.43 bits per heavy atom. The lowest BCUT2D eigenvalue weighted by Gasteiger charge is -2.37. The zero-order valence-electron chi connectivity index (χ0n) is 17.1. The van der Waals surface area contributed by atoms with Crippen LogP contribution in [0.2, 0.25) is 0 Å². The van der Waals surface area contributed by atoms with Gasteiger partial charge in [0, 0.05) is 13.0 Å². The Labute approximate surface area is 177 Å². The Hall–Kier alpha value is -2.63. The molecule has 0 radical (unpaired) electrons. The number of carbonyl (C=O) groups is 1. The van der Waals surface area contributed by atoms with Gasteiger partial charge in [-0.15, -0.1) is 0 Å². The number of allylic oxidation sites excluding steroid dienone is 1. The maximum absolute atomic E-state index is 12.8. The summed E-state index contributed by atoms with van der Waals surface area (Å²) in [6.07, 6.45) is 6.00. The molecule has 5 nitrogen and oxygen atoms in total. The van der Waals surface area contributed by atoms with E-state index >= 15 is 0 Å². The van der Waals surface area contributed by atoms with Crippen molar-refractivity contribution in [2.45, 2.75) is 51.7 Å². The number of benzene rings is 2. The van der Waals surface area contributed by atoms with Gasteiger partial charge < -0.3 is 19.9 Å². The summed E-state index contributed by atoms with van der Waals surface area (Å²) in [5.41, 5.74) is 2.94. The first-order valence-corrected chi connectivity index (χ1v) is 10.7. The summed E-state index contributed by atoms with van der Waals surface area (Å²) in [4.78, 5) is 12.8. The van der Waals surface area contributed by atoms with Crippen LogP contribution in [0.5, 0.6) is 0 Å². The van der Waals surface area contributed by atoms with E-state index < -0.39 is 6.29 Å². The molecule has 0 spiro atoms. The Morgan fingerprint density at radius 2 is 1.77 bits per heavy atom. The molecule has 30 heavy (non-hydrogen) atoms. The molecule has 2 N–H and O–H groups in total. The van der Waals surface area contributed by atoms with E-state index in [0.29, 0.717) is 30.7 Å². The molecule has 1 heterocycles. The summed E-state index contributed by atoms with van der Waals surface area (Å²) >= 11 is 0. The molecule has 0 saturated heterocycles. The first-order valence-electron chi connectivity index (χ1n) is 10.7. The predicted molar refractivity (Wildman–Crippen MR) is 114 cm³/mol. The number of hydrogen-bond donors (Lipinski definition) is 2. The van der Waals surface area contributed by atoms with Crippen molar-refractivity contribution in [1.82, 2.24) is 5.32 Å². The minimum atomic E-state index is -0.435. The molecule has 158 valence electrons. The predicted octanol–water partition coefficient (Wildman–Crippen LogP) is 4.06. The minimum Gasteiger partial charge on any atom is -0.459 e. The summed E-state index contributed by atoms with van der Waals surface area (Å²) in [5, 5.41) is 12.1. The Bertz CT molecular complexity index is 858. The quantitative estimate of drug-likeness (QED) is 0.693. The molecule has 4 rings (SSSR count). The molecule has 2 atom stereocenters. The normalized spacial score (nSPS) is 21.3. The smallest absolute Gasteiger partial charge is 0.286 e. The minimum absolute atomic E-state index is 0.0299. The van der Waals surface area contributed by atoms with E-state index in [2.05, 4.69) is 5.32 Å². The standard InChI is InChI=1S/C25H29NO4/c27-16-19-9-11-20(12-10-19)17-29-24-14-22(21-7-4-8-21)13-23(30-24)25(28)26-15-18-5-2-1-3-6-18/h1-3,5-6,9-13,21-22,24,27H,4,7-8,14-17H2,(H,26,28)/t22-,24+/m1/s1. The molecule has 1 amide bonds. The summed E-state index contributed by atoms with van der Waals surface area (Å²) < 4.78 is 12.0. The van der Waals surface area contributed by atoms with Crippen molar-refractivity contribution in [2.24, 2.45) is 11.8 Å². The van der Waals surface area contributed by atoms with Gasteiger partial charge in [0.05, 0.1) is 13.2 Å². The van der Waals surface area contributed by atoms with Crippen molar-refractivity contribution < 1.29 is 19.4 Å². The van der Waals surface area contributed by atoms with E-state index in [0.717, 1.165) is 23.1 Å². The molecule has 0 aromatic heterocycles. The largest absolute Gasteiger partial charge is 0.459 e. The number of amides is 1. The Kier molecular flexibility index (Phi) is 6.82. The van der Waals surface area contributed by atoms with Crippen LogP contribution in [-0.4, -0.2) is 17.3 Å². The second kappa shape index (κ2) is 9.92. The first kappa shape index (κ1) is 20.6. The molecule has 1 aliphatic heterocycles. The number of carbonyl (C=O) groups excluding carboxylic acids is 1. The van der Waals surface area contributed by atoms with Crippen molar-refractivity contribution in [3.63, 3.8) is 0 Å². The number of aliphatic hydroxyl groups is 1. The summed E-state index contributed by atoms with van der Waals surface area (Å²) in [6.45, 7) is 0.909. The van der Waals surface area contributed by atoms with Gasteiger partial charge in [0.1, 0.15) is 0 Å². The molecule has 1 fully saturated rings. The zero-order valence-corrected chi connectivity index (χ0v) is 17.1. The number of aliphatic hydroxyl groups excluding tert-OH is 1. The molecule has 2 aromatic rings. The summed E-state index contributed by atoms with van der Waals surface area (Å²) in [6, 6.07) is 17.5. The van der Waals surface area contributed by atoms with E-state index in [1.165, 1.54) is 19.3 Å². The van der Waals surface area contributed by atoms with Crippen LogP contribution in [-0.2, 0) is 34.0 Å². The SMILES string of the molecule is O=C(NCc1ccccc1)C1=C[C@@H](C2CCC2)C[C@@H](OCc2ccc(CO)cc2)O1. The molecule has 0 bridgehead atoms. The molecule has 2 aromatic carbocycles. The van der Waals surface area contributed by atoms with Gasteiger partial charge in [0.2, 0.25) is 6.29 Å². The fourth-order valence-corrected chi connectivity index (χ4v) is 3.94. The molecule has 0 unspecified atom stereocenters. The van der Waals surface area contributed by atoms with E-state index in [4.69, 9.17) is 9.47 Å². The van der Waals surface area contributed by atoms with Gasteiger partial charge in [-0.25, -0.2) is 0 Å². The van der Waals surface area contributed by atoms with E-state index in [9.17, 15) is 9.90 Å². The molecule has 1 aliphatic carbocycles. The number of ether oxygens (including phenoxy) is 2. The van der Waals surface area contributed by atoms with Crippen LogP contribution < -0.4 is 5.32 Å². The average molecular weight is 408 g/mol. The van der Waals surface area contributed by atoms with Crippen LogP contribution in [0, 0.1) is 11.8 Å². The van der Waals surface area contributed by atoms with Crippen molar-refractivity contribution in [3.8, 4) is 0 Å². The van der Waals surface area contributed by atoms with Crippen molar-refractivity contribution >= 4 is 5.91 Å². The number of hydrogen-bond acceptors (Lipinski definition) is 4. The highest BCUT2D eigenvalue weighted by Gasteiger charge is 2.34. The van der Waals surface area contributed by atoms with Crippen LogP contribution in [0.25, 0.3) is 0 Å². The van der Waals surface area contributed by atoms with Crippen molar-refractivity contribution in [3.05, 3.63) is 83.1 Å². The fourth-order valence-electron chi connectivity index (χ4n) is 3.94. The lowest BCUT2D eigenvalue weighted by atomic mass is 9.73. The Morgan fingerprint density at radius 1 is 1.03 bits per heavy atom. The van der Waals surface area contributed by atoms with Crippen LogP contribution in [0.15, 0.2) is 66.4 Å². The maximum Gasteiger partial charge on any atom is 0.286 e. The van der Waals surface area contributed by atoms with Crippen LogP contribution >= 0.6 is 0 Å². The maximum atomic E-state index is 12.8. The highest BCUT2D eigenvalue weighted by molar-refractivity contribution is 5.91. The topological polar surface area (TPSA) is 67.8 Å². The molecule has 2 aliphatic rings. The third-order valence-corrected chi connectivity index (χ3v) is 6.00. The van der Waals surface area contributed by atoms with Gasteiger partial charge in [0.25, 0.3) is 5.91 Å². The van der Waals surface area contributed by atoms with Crippen LogP contribution in [0.3, 0.4) is 0 Å². The Balaban J connectivity index is 1.37. The van der Waals surface area contributed by atoms with Gasteiger partial charge >= 0.3 is 0 Å². The molecule has 5 heteroatoms.